The summed E-state index contributed by atoms with van der Waals surface area (Å²) >= 11 is 0. The van der Waals surface area contributed by atoms with E-state index >= 15 is 0 Å². The topological polar surface area (TPSA) is 61.6 Å². The molecule has 0 radical (unpaired) electrons. The number of rotatable bonds is 6. The van der Waals surface area contributed by atoms with Gasteiger partial charge in [-0.2, -0.15) is 0 Å². The summed E-state index contributed by atoms with van der Waals surface area (Å²) in [6.45, 7) is 4.97. The first-order valence-electron chi connectivity index (χ1n) is 6.93. The Balaban J connectivity index is 2.51. The van der Waals surface area contributed by atoms with E-state index in [1.165, 1.54) is 0 Å². The Kier molecular flexibility index (Phi) is 4.61. The van der Waals surface area contributed by atoms with E-state index in [0.29, 0.717) is 19.0 Å². The van der Waals surface area contributed by atoms with Crippen LogP contribution < -0.4 is 9.47 Å². The van der Waals surface area contributed by atoms with E-state index in [4.69, 9.17) is 9.47 Å². The van der Waals surface area contributed by atoms with E-state index in [1.54, 1.807) is 6.08 Å². The van der Waals surface area contributed by atoms with Crippen LogP contribution in [0.25, 0.3) is 6.08 Å². The molecule has 0 aromatic heterocycles. The smallest absolute Gasteiger partial charge is 0.235 e. The number of ether oxygens (including phenoxy) is 2. The minimum atomic E-state index is -0.446. The van der Waals surface area contributed by atoms with Crippen LogP contribution in [0.5, 0.6) is 11.5 Å². The molecule has 5 heteroatoms. The van der Waals surface area contributed by atoms with Crippen LogP contribution in [0.3, 0.4) is 0 Å². The average molecular weight is 277 g/mol. The van der Waals surface area contributed by atoms with Crippen LogP contribution in [0, 0.1) is 10.1 Å². The Morgan fingerprint density at radius 1 is 1.25 bits per heavy atom. The van der Waals surface area contributed by atoms with Crippen molar-refractivity contribution in [1.29, 1.82) is 0 Å². The Bertz CT molecular complexity index is 537. The van der Waals surface area contributed by atoms with E-state index in [0.717, 1.165) is 47.9 Å². The van der Waals surface area contributed by atoms with E-state index in [1.807, 2.05) is 19.9 Å². The Morgan fingerprint density at radius 3 is 2.60 bits per heavy atom. The fourth-order valence-corrected chi connectivity index (χ4v) is 2.61. The van der Waals surface area contributed by atoms with Gasteiger partial charge in [-0.3, -0.25) is 10.1 Å². The molecule has 0 spiro atoms. The number of hydrogen-bond acceptors (Lipinski definition) is 4. The van der Waals surface area contributed by atoms with Crippen LogP contribution in [-0.2, 0) is 12.8 Å². The van der Waals surface area contributed by atoms with Crippen molar-refractivity contribution >= 4 is 6.08 Å². The zero-order valence-corrected chi connectivity index (χ0v) is 11.8. The second-order valence-electron chi connectivity index (χ2n) is 4.57. The molecular formula is C15H19NO4. The predicted octanol–water partition coefficient (Wildman–Crippen LogP) is 3.22. The van der Waals surface area contributed by atoms with E-state index in [-0.39, 0.29) is 0 Å². The molecule has 1 aromatic carbocycles. The van der Waals surface area contributed by atoms with Crippen LogP contribution in [0.2, 0.25) is 0 Å². The highest BCUT2D eigenvalue weighted by Crippen LogP contribution is 2.41. The van der Waals surface area contributed by atoms with Gasteiger partial charge in [0.25, 0.3) is 0 Å². The van der Waals surface area contributed by atoms with Crippen molar-refractivity contribution in [3.05, 3.63) is 39.1 Å². The molecule has 2 rings (SSSR count). The predicted molar refractivity (Wildman–Crippen MR) is 76.8 cm³/mol. The van der Waals surface area contributed by atoms with E-state index in [9.17, 15) is 10.1 Å². The summed E-state index contributed by atoms with van der Waals surface area (Å²) < 4.78 is 11.4. The molecule has 0 saturated carbocycles. The quantitative estimate of drug-likeness (QED) is 0.591. The van der Waals surface area contributed by atoms with Crippen molar-refractivity contribution in [2.75, 3.05) is 13.2 Å². The maximum absolute atomic E-state index is 10.5. The van der Waals surface area contributed by atoms with Gasteiger partial charge in [0.1, 0.15) is 0 Å². The van der Waals surface area contributed by atoms with Gasteiger partial charge in [0, 0.05) is 11.6 Å². The highest BCUT2D eigenvalue weighted by molar-refractivity contribution is 5.65. The molecule has 0 aliphatic heterocycles. The summed E-state index contributed by atoms with van der Waals surface area (Å²) in [5.41, 5.74) is 3.15. The highest BCUT2D eigenvalue weighted by Gasteiger charge is 2.23. The number of hydrogen-bond donors (Lipinski definition) is 0. The maximum atomic E-state index is 10.5. The van der Waals surface area contributed by atoms with Crippen molar-refractivity contribution in [2.45, 2.75) is 33.1 Å². The third-order valence-electron chi connectivity index (χ3n) is 3.32. The minimum absolute atomic E-state index is 0.446. The standard InChI is InChI=1S/C15H19NO4/c1-3-19-14-10-11(8-9-16(17)18)12-6-5-7-13(12)15(14)20-4-2/h8-10H,3-7H2,1-2H3. The van der Waals surface area contributed by atoms with Gasteiger partial charge in [-0.25, -0.2) is 0 Å². The molecule has 0 N–H and O–H groups in total. The first kappa shape index (κ1) is 14.4. The second-order valence-corrected chi connectivity index (χ2v) is 4.57. The lowest BCUT2D eigenvalue weighted by Gasteiger charge is -2.16. The third-order valence-corrected chi connectivity index (χ3v) is 3.32. The van der Waals surface area contributed by atoms with Crippen molar-refractivity contribution < 1.29 is 14.4 Å². The molecule has 0 amide bonds. The molecule has 1 aliphatic rings. The lowest BCUT2D eigenvalue weighted by atomic mass is 10.0. The molecule has 20 heavy (non-hydrogen) atoms. The van der Waals surface area contributed by atoms with Crippen LogP contribution in [0.4, 0.5) is 0 Å². The molecular weight excluding hydrogens is 258 g/mol. The molecule has 0 fully saturated rings. The molecule has 0 unspecified atom stereocenters. The van der Waals surface area contributed by atoms with Gasteiger partial charge < -0.3 is 9.47 Å². The zero-order valence-electron chi connectivity index (χ0n) is 11.8. The van der Waals surface area contributed by atoms with Crippen LogP contribution >= 0.6 is 0 Å². The van der Waals surface area contributed by atoms with Gasteiger partial charge >= 0.3 is 0 Å². The number of benzene rings is 1. The van der Waals surface area contributed by atoms with Gasteiger partial charge in [0.05, 0.1) is 18.1 Å². The summed E-state index contributed by atoms with van der Waals surface area (Å²) in [4.78, 5) is 10.1. The Hall–Kier alpha value is -2.04. The molecule has 5 nitrogen and oxygen atoms in total. The van der Waals surface area contributed by atoms with Crippen molar-refractivity contribution in [2.24, 2.45) is 0 Å². The largest absolute Gasteiger partial charge is 0.490 e. The third kappa shape index (κ3) is 2.92. The molecule has 0 saturated heterocycles. The fourth-order valence-electron chi connectivity index (χ4n) is 2.61. The van der Waals surface area contributed by atoms with Crippen LogP contribution in [-0.4, -0.2) is 18.1 Å². The lowest BCUT2D eigenvalue weighted by molar-refractivity contribution is -0.400. The van der Waals surface area contributed by atoms with Crippen LogP contribution in [0.15, 0.2) is 12.3 Å². The molecule has 1 aliphatic carbocycles. The summed E-state index contributed by atoms with van der Waals surface area (Å²) in [7, 11) is 0. The minimum Gasteiger partial charge on any atom is -0.490 e. The SMILES string of the molecule is CCOc1cc(C=C[N+](=O)[O-])c2c(c1OCC)CCC2. The summed E-state index contributed by atoms with van der Waals surface area (Å²) in [6, 6.07) is 1.85. The maximum Gasteiger partial charge on any atom is 0.235 e. The second kappa shape index (κ2) is 6.41. The van der Waals surface area contributed by atoms with Crippen molar-refractivity contribution in [1.82, 2.24) is 0 Å². The van der Waals surface area contributed by atoms with Crippen LogP contribution in [0.1, 0.15) is 37.0 Å². The van der Waals surface area contributed by atoms with Crippen molar-refractivity contribution in [3.8, 4) is 11.5 Å². The van der Waals surface area contributed by atoms with Gasteiger partial charge in [-0.15, -0.1) is 0 Å². The monoisotopic (exact) mass is 277 g/mol. The summed E-state index contributed by atoms with van der Waals surface area (Å²) in [5.74, 6) is 1.48. The van der Waals surface area contributed by atoms with Gasteiger partial charge in [-0.05, 0) is 50.3 Å². The zero-order chi connectivity index (χ0) is 14.5. The molecule has 0 atom stereocenters. The van der Waals surface area contributed by atoms with Gasteiger partial charge in [0.15, 0.2) is 11.5 Å². The fraction of sp³-hybridized carbons (Fsp3) is 0.467. The molecule has 0 bridgehead atoms. The summed E-state index contributed by atoms with van der Waals surface area (Å²) in [5, 5.41) is 10.5. The molecule has 1 aromatic rings. The Labute approximate surface area is 118 Å². The highest BCUT2D eigenvalue weighted by atomic mass is 16.6. The van der Waals surface area contributed by atoms with E-state index < -0.39 is 4.92 Å². The van der Waals surface area contributed by atoms with Crippen molar-refractivity contribution in [3.63, 3.8) is 0 Å². The number of nitrogens with zero attached hydrogens (tertiary/aromatic N) is 1. The average Bonchev–Trinajstić information content (AvgIpc) is 2.89. The molecule has 108 valence electrons. The van der Waals surface area contributed by atoms with Gasteiger partial charge in [-0.1, -0.05) is 0 Å². The molecule has 0 heterocycles. The lowest BCUT2D eigenvalue weighted by Crippen LogP contribution is -2.03. The number of fused-ring (bicyclic) bond motifs is 1. The Morgan fingerprint density at radius 2 is 1.95 bits per heavy atom. The number of nitro groups is 1. The first-order valence-corrected chi connectivity index (χ1v) is 6.93. The normalized spacial score (nSPS) is 13.5. The van der Waals surface area contributed by atoms with E-state index in [2.05, 4.69) is 0 Å². The summed E-state index contributed by atoms with van der Waals surface area (Å²) in [6.07, 6.45) is 5.43. The van der Waals surface area contributed by atoms with Gasteiger partial charge in [0.2, 0.25) is 6.20 Å². The first-order chi connectivity index (χ1) is 9.67.